The molecule has 158 valence electrons. The Balaban J connectivity index is 1.84. The second kappa shape index (κ2) is 8.29. The van der Waals surface area contributed by atoms with Crippen LogP contribution in [0, 0.1) is 0 Å². The zero-order valence-electron chi connectivity index (χ0n) is 16.5. The van der Waals surface area contributed by atoms with Crippen LogP contribution in [0.3, 0.4) is 0 Å². The zero-order chi connectivity index (χ0) is 22.2. The van der Waals surface area contributed by atoms with Gasteiger partial charge in [0.25, 0.3) is 11.7 Å². The highest BCUT2D eigenvalue weighted by molar-refractivity contribution is 9.10. The van der Waals surface area contributed by atoms with Crippen LogP contribution >= 0.6 is 15.9 Å². The number of halogens is 1. The fraction of sp³-hybridized carbons (Fsp3) is 0.250. The minimum atomic E-state index is -3.58. The van der Waals surface area contributed by atoms with Crippen molar-refractivity contribution in [2.45, 2.75) is 24.3 Å². The maximum absolute atomic E-state index is 12.9. The molecule has 0 aliphatic carbocycles. The number of carbonyl (C=O) groups excluding carboxylic acids is 3. The molecule has 2 amide bonds. The Morgan fingerprint density at radius 1 is 1.13 bits per heavy atom. The molecule has 0 fully saturated rings. The first kappa shape index (κ1) is 22.1. The largest absolute Gasteiger partial charge is 0.324 e. The Hall–Kier alpha value is -2.56. The summed E-state index contributed by atoms with van der Waals surface area (Å²) in [5, 5.41) is 2.69. The minimum Gasteiger partial charge on any atom is -0.324 e. The Kier molecular flexibility index (Phi) is 6.11. The molecule has 0 aromatic heterocycles. The number of nitrogens with one attached hydrogen (secondary N) is 1. The lowest BCUT2D eigenvalue weighted by atomic mass is 10.1. The van der Waals surface area contributed by atoms with Crippen LogP contribution in [0.15, 0.2) is 51.8 Å². The fourth-order valence-corrected chi connectivity index (χ4v) is 4.44. The van der Waals surface area contributed by atoms with Crippen LogP contribution in [0.1, 0.15) is 23.7 Å². The monoisotopic (exact) mass is 493 g/mol. The molecule has 0 spiro atoms. The number of sulfonamides is 1. The van der Waals surface area contributed by atoms with Crippen molar-refractivity contribution in [3.05, 3.63) is 52.5 Å². The van der Waals surface area contributed by atoms with E-state index >= 15 is 0 Å². The number of hydrogen-bond acceptors (Lipinski definition) is 5. The summed E-state index contributed by atoms with van der Waals surface area (Å²) >= 11 is 3.28. The predicted molar refractivity (Wildman–Crippen MR) is 116 cm³/mol. The Morgan fingerprint density at radius 2 is 1.77 bits per heavy atom. The second-order valence-electron chi connectivity index (χ2n) is 6.89. The molecule has 0 bridgehead atoms. The van der Waals surface area contributed by atoms with Gasteiger partial charge in [-0.3, -0.25) is 19.3 Å². The lowest BCUT2D eigenvalue weighted by Gasteiger charge is -2.26. The van der Waals surface area contributed by atoms with Crippen molar-refractivity contribution in [1.82, 2.24) is 4.31 Å². The van der Waals surface area contributed by atoms with Gasteiger partial charge in [0.2, 0.25) is 15.9 Å². The maximum atomic E-state index is 12.9. The molecular formula is C20H20BrN3O5S. The standard InChI is InChI=1S/C20H20BrN3O5S/c1-4-16(24-17-10-5-12(21)11-15(17)18(25)20(24)27)19(26)22-13-6-8-14(9-7-13)30(28,29)23(2)3/h5-11,16H,4H2,1-3H3,(H,22,26). The summed E-state index contributed by atoms with van der Waals surface area (Å²) in [4.78, 5) is 39.1. The van der Waals surface area contributed by atoms with Gasteiger partial charge in [0.1, 0.15) is 6.04 Å². The normalized spacial score (nSPS) is 14.8. The SMILES string of the molecule is CCC(C(=O)Nc1ccc(S(=O)(=O)N(C)C)cc1)N1C(=O)C(=O)c2cc(Br)ccc21. The van der Waals surface area contributed by atoms with Gasteiger partial charge in [-0.05, 0) is 48.9 Å². The van der Waals surface area contributed by atoms with Crippen LogP contribution in [0.4, 0.5) is 11.4 Å². The molecule has 0 radical (unpaired) electrons. The van der Waals surface area contributed by atoms with Crippen molar-refractivity contribution in [3.63, 3.8) is 0 Å². The van der Waals surface area contributed by atoms with Gasteiger partial charge in [-0.1, -0.05) is 22.9 Å². The van der Waals surface area contributed by atoms with Crippen LogP contribution in [0.25, 0.3) is 0 Å². The van der Waals surface area contributed by atoms with E-state index < -0.39 is 33.7 Å². The number of hydrogen-bond donors (Lipinski definition) is 1. The van der Waals surface area contributed by atoms with E-state index in [1.807, 2.05) is 0 Å². The van der Waals surface area contributed by atoms with Gasteiger partial charge in [0.15, 0.2) is 0 Å². The topological polar surface area (TPSA) is 104 Å². The van der Waals surface area contributed by atoms with Gasteiger partial charge in [-0.15, -0.1) is 0 Å². The van der Waals surface area contributed by atoms with Gasteiger partial charge in [0, 0.05) is 24.3 Å². The number of Topliss-reactive ketones (excluding diaryl/α,β-unsaturated/α-hetero) is 1. The number of fused-ring (bicyclic) bond motifs is 1. The molecule has 10 heteroatoms. The van der Waals surface area contributed by atoms with E-state index in [4.69, 9.17) is 0 Å². The van der Waals surface area contributed by atoms with Gasteiger partial charge in [0.05, 0.1) is 16.1 Å². The van der Waals surface area contributed by atoms with Crippen LogP contribution in [0.2, 0.25) is 0 Å². The highest BCUT2D eigenvalue weighted by Gasteiger charge is 2.41. The Labute approximate surface area is 183 Å². The molecule has 1 aliphatic heterocycles. The molecule has 8 nitrogen and oxygen atoms in total. The lowest BCUT2D eigenvalue weighted by Crippen LogP contribution is -2.46. The van der Waals surface area contributed by atoms with Gasteiger partial charge < -0.3 is 5.32 Å². The molecule has 1 N–H and O–H groups in total. The molecule has 0 saturated carbocycles. The summed E-state index contributed by atoms with van der Waals surface area (Å²) in [6, 6.07) is 9.72. The van der Waals surface area contributed by atoms with E-state index in [1.165, 1.54) is 43.3 Å². The van der Waals surface area contributed by atoms with E-state index in [0.717, 1.165) is 4.31 Å². The Morgan fingerprint density at radius 3 is 2.33 bits per heavy atom. The van der Waals surface area contributed by atoms with E-state index in [1.54, 1.807) is 25.1 Å². The quantitative estimate of drug-likeness (QED) is 0.622. The van der Waals surface area contributed by atoms with Crippen molar-refractivity contribution in [2.24, 2.45) is 0 Å². The first-order valence-electron chi connectivity index (χ1n) is 9.08. The molecule has 2 aromatic rings. The van der Waals surface area contributed by atoms with Crippen LogP contribution in [0.5, 0.6) is 0 Å². The Bertz CT molecular complexity index is 1130. The lowest BCUT2D eigenvalue weighted by molar-refractivity contribution is -0.121. The number of benzene rings is 2. The fourth-order valence-electron chi connectivity index (χ4n) is 3.18. The summed E-state index contributed by atoms with van der Waals surface area (Å²) in [6.07, 6.45) is 0.285. The average Bonchev–Trinajstić information content (AvgIpc) is 2.94. The molecule has 1 aliphatic rings. The number of nitrogens with zero attached hydrogens (tertiary/aromatic N) is 2. The number of ketones is 1. The number of rotatable bonds is 6. The number of carbonyl (C=O) groups is 3. The predicted octanol–water partition coefficient (Wildman–Crippen LogP) is 2.65. The summed E-state index contributed by atoms with van der Waals surface area (Å²) in [5.74, 6) is -1.88. The molecule has 0 saturated heterocycles. The van der Waals surface area contributed by atoms with E-state index in [2.05, 4.69) is 21.2 Å². The third-order valence-corrected chi connectivity index (χ3v) is 7.10. The molecule has 3 rings (SSSR count). The zero-order valence-corrected chi connectivity index (χ0v) is 19.0. The molecule has 1 unspecified atom stereocenters. The molecular weight excluding hydrogens is 474 g/mol. The van der Waals surface area contributed by atoms with Crippen LogP contribution in [-0.4, -0.2) is 50.5 Å². The molecule has 1 atom stereocenters. The van der Waals surface area contributed by atoms with Crippen molar-refractivity contribution >= 4 is 54.9 Å². The minimum absolute atomic E-state index is 0.0948. The van der Waals surface area contributed by atoms with E-state index in [9.17, 15) is 22.8 Å². The van der Waals surface area contributed by atoms with Crippen molar-refractivity contribution in [3.8, 4) is 0 Å². The van der Waals surface area contributed by atoms with E-state index in [0.29, 0.717) is 15.8 Å². The first-order valence-corrected chi connectivity index (χ1v) is 11.3. The summed E-state index contributed by atoms with van der Waals surface area (Å²) in [5.41, 5.74) is 1.02. The molecule has 1 heterocycles. The third-order valence-electron chi connectivity index (χ3n) is 4.78. The summed E-state index contributed by atoms with van der Waals surface area (Å²) in [7, 11) is -0.716. The maximum Gasteiger partial charge on any atom is 0.300 e. The highest BCUT2D eigenvalue weighted by Crippen LogP contribution is 2.34. The van der Waals surface area contributed by atoms with Crippen molar-refractivity contribution < 1.29 is 22.8 Å². The van der Waals surface area contributed by atoms with Crippen LogP contribution in [-0.2, 0) is 19.6 Å². The highest BCUT2D eigenvalue weighted by atomic mass is 79.9. The van der Waals surface area contributed by atoms with Crippen molar-refractivity contribution in [2.75, 3.05) is 24.3 Å². The first-order chi connectivity index (χ1) is 14.1. The summed E-state index contributed by atoms with van der Waals surface area (Å²) < 4.78 is 26.1. The third kappa shape index (κ3) is 3.90. The van der Waals surface area contributed by atoms with Gasteiger partial charge in [-0.2, -0.15) is 0 Å². The number of amides is 2. The van der Waals surface area contributed by atoms with Gasteiger partial charge in [-0.25, -0.2) is 12.7 Å². The summed E-state index contributed by atoms with van der Waals surface area (Å²) in [6.45, 7) is 1.74. The average molecular weight is 494 g/mol. The van der Waals surface area contributed by atoms with Crippen molar-refractivity contribution in [1.29, 1.82) is 0 Å². The second-order valence-corrected chi connectivity index (χ2v) is 9.96. The smallest absolute Gasteiger partial charge is 0.300 e. The van der Waals surface area contributed by atoms with Crippen LogP contribution < -0.4 is 10.2 Å². The van der Waals surface area contributed by atoms with E-state index in [-0.39, 0.29) is 16.9 Å². The molecule has 2 aromatic carbocycles. The number of anilines is 2. The van der Waals surface area contributed by atoms with Gasteiger partial charge >= 0.3 is 0 Å². The molecule has 30 heavy (non-hydrogen) atoms.